The van der Waals surface area contributed by atoms with E-state index in [0.29, 0.717) is 33.9 Å². The van der Waals surface area contributed by atoms with E-state index in [9.17, 15) is 9.90 Å². The number of anilines is 2. The summed E-state index contributed by atoms with van der Waals surface area (Å²) in [6.45, 7) is 0. The van der Waals surface area contributed by atoms with Gasteiger partial charge in [0.15, 0.2) is 11.5 Å². The Balaban J connectivity index is 0.00000243. The zero-order valence-electron chi connectivity index (χ0n) is 13.9. The maximum Gasteiger partial charge on any atom is 0.339 e. The first-order chi connectivity index (χ1) is 12.0. The van der Waals surface area contributed by atoms with Crippen molar-refractivity contribution in [3.8, 4) is 17.2 Å². The van der Waals surface area contributed by atoms with Gasteiger partial charge in [0.1, 0.15) is 23.5 Å². The molecule has 0 saturated heterocycles. The molecule has 136 valence electrons. The first-order valence-electron chi connectivity index (χ1n) is 7.23. The molecular weight excluding hydrogens is 362 g/mol. The minimum Gasteiger partial charge on any atom is -0.507 e. The average Bonchev–Trinajstić information content (AvgIpc) is 2.62. The normalized spacial score (nSPS) is 10.1. The largest absolute Gasteiger partial charge is 0.507 e. The molecule has 0 spiro atoms. The van der Waals surface area contributed by atoms with Crippen LogP contribution in [0.25, 0.3) is 10.9 Å². The summed E-state index contributed by atoms with van der Waals surface area (Å²) in [5, 5.41) is 22.4. The number of aromatic nitrogens is 2. The maximum atomic E-state index is 11.1. The van der Waals surface area contributed by atoms with Crippen LogP contribution in [0.5, 0.6) is 17.2 Å². The van der Waals surface area contributed by atoms with Gasteiger partial charge in [-0.05, 0) is 24.3 Å². The highest BCUT2D eigenvalue weighted by Gasteiger charge is 2.13. The second-order valence-corrected chi connectivity index (χ2v) is 5.11. The fourth-order valence-electron chi connectivity index (χ4n) is 2.40. The lowest BCUT2D eigenvalue weighted by molar-refractivity contribution is 0.0694. The van der Waals surface area contributed by atoms with E-state index in [1.54, 1.807) is 18.2 Å². The number of nitrogens with one attached hydrogen (secondary N) is 1. The number of hydrogen-bond acceptors (Lipinski definition) is 7. The SMILES string of the molecule is COc1cc2ncnc(Nc3ccc(O)c(C(=O)O)c3)c2cc1OC.Cl. The van der Waals surface area contributed by atoms with E-state index < -0.39 is 5.97 Å². The number of carbonyl (C=O) groups is 1. The number of carboxylic acid groups (broad SMARTS) is 1. The molecule has 0 aliphatic heterocycles. The number of rotatable bonds is 5. The molecule has 3 rings (SSSR count). The Morgan fingerprint density at radius 3 is 2.42 bits per heavy atom. The second-order valence-electron chi connectivity index (χ2n) is 5.11. The number of hydrogen-bond donors (Lipinski definition) is 3. The average molecular weight is 378 g/mol. The number of aromatic hydroxyl groups is 1. The fourth-order valence-corrected chi connectivity index (χ4v) is 2.40. The van der Waals surface area contributed by atoms with Gasteiger partial charge < -0.3 is 25.0 Å². The highest BCUT2D eigenvalue weighted by molar-refractivity contribution is 5.95. The Hall–Kier alpha value is -3.26. The first-order valence-corrected chi connectivity index (χ1v) is 7.23. The molecule has 2 aromatic carbocycles. The Morgan fingerprint density at radius 1 is 1.08 bits per heavy atom. The number of nitrogens with zero attached hydrogens (tertiary/aromatic N) is 2. The third-order valence-electron chi connectivity index (χ3n) is 3.63. The molecule has 0 aliphatic rings. The van der Waals surface area contributed by atoms with Gasteiger partial charge in [0, 0.05) is 17.1 Å². The van der Waals surface area contributed by atoms with E-state index in [1.165, 1.54) is 32.7 Å². The molecule has 0 bridgehead atoms. The number of aromatic carboxylic acids is 1. The van der Waals surface area contributed by atoms with Crippen LogP contribution in [0.4, 0.5) is 11.5 Å². The Kier molecular flexibility index (Phi) is 5.68. The van der Waals surface area contributed by atoms with Gasteiger partial charge in [0.05, 0.1) is 19.7 Å². The standard InChI is InChI=1S/C17H15N3O5.ClH/c1-24-14-6-10-12(7-15(14)25-2)18-8-19-16(10)20-9-3-4-13(21)11(5-9)17(22)23;/h3-8,21H,1-2H3,(H,22,23)(H,18,19,20);1H. The predicted octanol–water partition coefficient (Wildman–Crippen LogP) is 3.22. The summed E-state index contributed by atoms with van der Waals surface area (Å²) in [5.41, 5.74) is 0.889. The highest BCUT2D eigenvalue weighted by Crippen LogP contribution is 2.34. The van der Waals surface area contributed by atoms with Crippen molar-refractivity contribution in [2.24, 2.45) is 0 Å². The molecule has 1 aromatic heterocycles. The molecule has 9 heteroatoms. The Bertz CT molecular complexity index is 965. The van der Waals surface area contributed by atoms with Crippen LogP contribution in [-0.2, 0) is 0 Å². The van der Waals surface area contributed by atoms with Crippen molar-refractivity contribution in [1.29, 1.82) is 0 Å². The third kappa shape index (κ3) is 3.55. The summed E-state index contributed by atoms with van der Waals surface area (Å²) >= 11 is 0. The molecule has 0 atom stereocenters. The van der Waals surface area contributed by atoms with Crippen molar-refractivity contribution in [2.75, 3.05) is 19.5 Å². The molecule has 0 aliphatic carbocycles. The summed E-state index contributed by atoms with van der Waals surface area (Å²) in [5.74, 6) is -0.00712. The Labute approximate surface area is 154 Å². The lowest BCUT2D eigenvalue weighted by atomic mass is 10.1. The van der Waals surface area contributed by atoms with Crippen LogP contribution in [0.3, 0.4) is 0 Å². The number of benzene rings is 2. The summed E-state index contributed by atoms with van der Waals surface area (Å²) in [4.78, 5) is 19.6. The zero-order valence-corrected chi connectivity index (χ0v) is 14.7. The molecule has 0 radical (unpaired) electrons. The molecular formula is C17H16ClN3O5. The molecule has 0 fully saturated rings. The molecule has 1 heterocycles. The number of fused-ring (bicyclic) bond motifs is 1. The van der Waals surface area contributed by atoms with E-state index in [2.05, 4.69) is 15.3 Å². The van der Waals surface area contributed by atoms with Gasteiger partial charge in [-0.15, -0.1) is 12.4 Å². The highest BCUT2D eigenvalue weighted by atomic mass is 35.5. The zero-order chi connectivity index (χ0) is 18.0. The lowest BCUT2D eigenvalue weighted by Gasteiger charge is -2.12. The summed E-state index contributed by atoms with van der Waals surface area (Å²) in [6, 6.07) is 7.64. The number of ether oxygens (including phenoxy) is 2. The molecule has 26 heavy (non-hydrogen) atoms. The van der Waals surface area contributed by atoms with Crippen LogP contribution in [0.2, 0.25) is 0 Å². The minimum absolute atomic E-state index is 0. The smallest absolute Gasteiger partial charge is 0.339 e. The summed E-state index contributed by atoms with van der Waals surface area (Å²) in [7, 11) is 3.06. The van der Waals surface area contributed by atoms with E-state index in [0.717, 1.165) is 0 Å². The molecule has 0 unspecified atom stereocenters. The van der Waals surface area contributed by atoms with Crippen LogP contribution in [0, 0.1) is 0 Å². The number of methoxy groups -OCH3 is 2. The molecule has 3 N–H and O–H groups in total. The molecule has 0 saturated carbocycles. The molecule has 3 aromatic rings. The van der Waals surface area contributed by atoms with Gasteiger partial charge in [-0.2, -0.15) is 0 Å². The second kappa shape index (κ2) is 7.75. The fraction of sp³-hybridized carbons (Fsp3) is 0.118. The summed E-state index contributed by atoms with van der Waals surface area (Å²) < 4.78 is 10.6. The van der Waals surface area contributed by atoms with Crippen molar-refractivity contribution in [3.63, 3.8) is 0 Å². The third-order valence-corrected chi connectivity index (χ3v) is 3.63. The van der Waals surface area contributed by atoms with Gasteiger partial charge in [0.2, 0.25) is 0 Å². The van der Waals surface area contributed by atoms with Crippen molar-refractivity contribution < 1.29 is 24.5 Å². The lowest BCUT2D eigenvalue weighted by Crippen LogP contribution is -2.01. The van der Waals surface area contributed by atoms with Crippen molar-refractivity contribution >= 4 is 40.8 Å². The van der Waals surface area contributed by atoms with E-state index in [-0.39, 0.29) is 23.7 Å². The first kappa shape index (κ1) is 19.1. The topological polar surface area (TPSA) is 114 Å². The quantitative estimate of drug-likeness (QED) is 0.581. The molecule has 8 nitrogen and oxygen atoms in total. The minimum atomic E-state index is -1.22. The van der Waals surface area contributed by atoms with Gasteiger partial charge in [-0.1, -0.05) is 0 Å². The van der Waals surface area contributed by atoms with Crippen molar-refractivity contribution in [1.82, 2.24) is 9.97 Å². The van der Waals surface area contributed by atoms with Gasteiger partial charge in [-0.25, -0.2) is 14.8 Å². The number of halogens is 1. The van der Waals surface area contributed by atoms with Gasteiger partial charge >= 0.3 is 5.97 Å². The van der Waals surface area contributed by atoms with Gasteiger partial charge in [-0.3, -0.25) is 0 Å². The van der Waals surface area contributed by atoms with E-state index >= 15 is 0 Å². The monoisotopic (exact) mass is 377 g/mol. The van der Waals surface area contributed by atoms with Gasteiger partial charge in [0.25, 0.3) is 0 Å². The summed E-state index contributed by atoms with van der Waals surface area (Å²) in [6.07, 6.45) is 1.38. The predicted molar refractivity (Wildman–Crippen MR) is 98.2 cm³/mol. The van der Waals surface area contributed by atoms with Crippen molar-refractivity contribution in [2.45, 2.75) is 0 Å². The molecule has 0 amide bonds. The van der Waals surface area contributed by atoms with E-state index in [4.69, 9.17) is 14.6 Å². The van der Waals surface area contributed by atoms with Crippen molar-refractivity contribution in [3.05, 3.63) is 42.2 Å². The van der Waals surface area contributed by atoms with Crippen LogP contribution >= 0.6 is 12.4 Å². The number of phenols is 1. The number of carboxylic acids is 1. The van der Waals surface area contributed by atoms with Crippen LogP contribution < -0.4 is 14.8 Å². The van der Waals surface area contributed by atoms with Crippen LogP contribution in [0.1, 0.15) is 10.4 Å². The Morgan fingerprint density at radius 2 is 1.77 bits per heavy atom. The van der Waals surface area contributed by atoms with Crippen LogP contribution in [-0.4, -0.2) is 40.4 Å². The van der Waals surface area contributed by atoms with E-state index in [1.807, 2.05) is 0 Å². The van der Waals surface area contributed by atoms with Crippen LogP contribution in [0.15, 0.2) is 36.7 Å². The maximum absolute atomic E-state index is 11.1.